The van der Waals surface area contributed by atoms with E-state index in [1.54, 1.807) is 0 Å². The van der Waals surface area contributed by atoms with Crippen molar-refractivity contribution in [1.82, 2.24) is 0 Å². The summed E-state index contributed by atoms with van der Waals surface area (Å²) in [5, 5.41) is 12.4. The van der Waals surface area contributed by atoms with Gasteiger partial charge in [0.25, 0.3) is 0 Å². The predicted molar refractivity (Wildman–Crippen MR) is 80.1 cm³/mol. The molecule has 0 radical (unpaired) electrons. The Morgan fingerprint density at radius 3 is 2.32 bits per heavy atom. The maximum atomic E-state index is 11.7. The quantitative estimate of drug-likeness (QED) is 0.550. The first-order valence-corrected chi connectivity index (χ1v) is 7.28. The number of halogens is 2. The van der Waals surface area contributed by atoms with Crippen LogP contribution in [0.3, 0.4) is 0 Å². The molecule has 0 fully saturated rings. The largest absolute Gasteiger partial charge is 0.505 e. The second-order valence-electron chi connectivity index (χ2n) is 4.50. The number of benzene rings is 1. The number of rotatable bonds is 7. The van der Waals surface area contributed by atoms with Gasteiger partial charge in [-0.3, -0.25) is 4.79 Å². The molecule has 1 amide bonds. The van der Waals surface area contributed by atoms with E-state index in [-0.39, 0.29) is 21.7 Å². The number of anilines is 1. The number of unbranched alkanes of at least 4 members (excludes halogenated alkanes) is 4. The van der Waals surface area contributed by atoms with Gasteiger partial charge < -0.3 is 10.4 Å². The van der Waals surface area contributed by atoms with Gasteiger partial charge in [-0.2, -0.15) is 0 Å². The molecule has 106 valence electrons. The Bertz CT molecular complexity index is 412. The standard InChI is InChI=1S/C14H19Cl2NO2/c1-2-3-4-5-6-7-13(18)17-10-8-11(15)14(19)12(16)9-10/h8-9,19H,2-7H2,1H3,(H,17,18). The van der Waals surface area contributed by atoms with Crippen LogP contribution in [0.2, 0.25) is 10.0 Å². The van der Waals surface area contributed by atoms with Crippen molar-refractivity contribution in [2.24, 2.45) is 0 Å². The zero-order valence-electron chi connectivity index (χ0n) is 11.0. The van der Waals surface area contributed by atoms with Gasteiger partial charge in [0.1, 0.15) is 0 Å². The van der Waals surface area contributed by atoms with Gasteiger partial charge in [0.05, 0.1) is 10.0 Å². The Morgan fingerprint density at radius 1 is 1.16 bits per heavy atom. The van der Waals surface area contributed by atoms with Crippen molar-refractivity contribution in [2.75, 3.05) is 5.32 Å². The smallest absolute Gasteiger partial charge is 0.224 e. The van der Waals surface area contributed by atoms with E-state index in [0.29, 0.717) is 12.1 Å². The Labute approximate surface area is 123 Å². The molecule has 0 aromatic heterocycles. The number of phenols is 1. The number of nitrogens with one attached hydrogen (secondary N) is 1. The minimum atomic E-state index is -0.166. The zero-order valence-corrected chi connectivity index (χ0v) is 12.5. The average molecular weight is 304 g/mol. The number of hydrogen-bond acceptors (Lipinski definition) is 2. The normalized spacial score (nSPS) is 10.5. The molecule has 1 aromatic rings. The summed E-state index contributed by atoms with van der Waals surface area (Å²) >= 11 is 11.6. The van der Waals surface area contributed by atoms with Gasteiger partial charge in [0.15, 0.2) is 5.75 Å². The van der Waals surface area contributed by atoms with Crippen LogP contribution in [0, 0.1) is 0 Å². The van der Waals surface area contributed by atoms with E-state index in [9.17, 15) is 9.90 Å². The van der Waals surface area contributed by atoms with Crippen molar-refractivity contribution in [3.05, 3.63) is 22.2 Å². The summed E-state index contributed by atoms with van der Waals surface area (Å²) in [7, 11) is 0. The lowest BCUT2D eigenvalue weighted by Crippen LogP contribution is -2.11. The maximum absolute atomic E-state index is 11.7. The molecule has 0 bridgehead atoms. The van der Waals surface area contributed by atoms with Crippen molar-refractivity contribution in [1.29, 1.82) is 0 Å². The molecule has 0 saturated heterocycles. The van der Waals surface area contributed by atoms with Crippen molar-refractivity contribution in [3.8, 4) is 5.75 Å². The van der Waals surface area contributed by atoms with Crippen LogP contribution in [0.5, 0.6) is 5.75 Å². The van der Waals surface area contributed by atoms with Gasteiger partial charge in [-0.25, -0.2) is 0 Å². The minimum Gasteiger partial charge on any atom is -0.505 e. The first-order chi connectivity index (χ1) is 9.04. The van der Waals surface area contributed by atoms with Gasteiger partial charge in [-0.05, 0) is 18.6 Å². The Morgan fingerprint density at radius 2 is 1.74 bits per heavy atom. The SMILES string of the molecule is CCCCCCCC(=O)Nc1cc(Cl)c(O)c(Cl)c1. The van der Waals surface area contributed by atoms with Crippen LogP contribution in [0.15, 0.2) is 12.1 Å². The van der Waals surface area contributed by atoms with E-state index < -0.39 is 0 Å². The van der Waals surface area contributed by atoms with Crippen molar-refractivity contribution in [2.45, 2.75) is 45.4 Å². The van der Waals surface area contributed by atoms with E-state index in [1.807, 2.05) is 0 Å². The van der Waals surface area contributed by atoms with Gasteiger partial charge in [-0.15, -0.1) is 0 Å². The minimum absolute atomic E-state index is 0.0608. The molecule has 0 heterocycles. The lowest BCUT2D eigenvalue weighted by atomic mass is 10.1. The van der Waals surface area contributed by atoms with Crippen LogP contribution in [0.4, 0.5) is 5.69 Å². The highest BCUT2D eigenvalue weighted by atomic mass is 35.5. The average Bonchev–Trinajstić information content (AvgIpc) is 2.35. The molecule has 0 unspecified atom stereocenters. The number of phenolic OH excluding ortho intramolecular Hbond substituents is 1. The number of carbonyl (C=O) groups is 1. The number of aromatic hydroxyl groups is 1. The summed E-state index contributed by atoms with van der Waals surface area (Å²) in [4.78, 5) is 11.7. The molecule has 2 N–H and O–H groups in total. The van der Waals surface area contributed by atoms with Crippen molar-refractivity contribution in [3.63, 3.8) is 0 Å². The van der Waals surface area contributed by atoms with Crippen molar-refractivity contribution >= 4 is 34.8 Å². The Hall–Kier alpha value is -0.930. The molecule has 19 heavy (non-hydrogen) atoms. The first kappa shape index (κ1) is 16.1. The van der Waals surface area contributed by atoms with Gasteiger partial charge in [-0.1, -0.05) is 55.8 Å². The summed E-state index contributed by atoms with van der Waals surface area (Å²) in [5.41, 5.74) is 0.506. The van der Waals surface area contributed by atoms with Crippen LogP contribution < -0.4 is 5.32 Å². The second-order valence-corrected chi connectivity index (χ2v) is 5.32. The first-order valence-electron chi connectivity index (χ1n) is 6.52. The molecule has 1 aromatic carbocycles. The van der Waals surface area contributed by atoms with Crippen LogP contribution >= 0.6 is 23.2 Å². The highest BCUT2D eigenvalue weighted by Gasteiger charge is 2.08. The van der Waals surface area contributed by atoms with E-state index in [4.69, 9.17) is 23.2 Å². The predicted octanol–water partition coefficient (Wildman–Crippen LogP) is 5.00. The Kier molecular flexibility index (Phi) is 7.03. The van der Waals surface area contributed by atoms with E-state index in [2.05, 4.69) is 12.2 Å². The highest BCUT2D eigenvalue weighted by Crippen LogP contribution is 2.34. The number of amides is 1. The molecule has 0 aliphatic heterocycles. The topological polar surface area (TPSA) is 49.3 Å². The third kappa shape index (κ3) is 5.70. The molecule has 0 aliphatic carbocycles. The van der Waals surface area contributed by atoms with Crippen LogP contribution in [-0.2, 0) is 4.79 Å². The molecule has 3 nitrogen and oxygen atoms in total. The van der Waals surface area contributed by atoms with E-state index in [1.165, 1.54) is 31.4 Å². The molecule has 0 aliphatic rings. The monoisotopic (exact) mass is 303 g/mol. The lowest BCUT2D eigenvalue weighted by molar-refractivity contribution is -0.116. The second kappa shape index (κ2) is 8.28. The molecule has 5 heteroatoms. The number of carbonyl (C=O) groups excluding carboxylic acids is 1. The summed E-state index contributed by atoms with van der Waals surface area (Å²) in [6.45, 7) is 2.16. The molecular weight excluding hydrogens is 285 g/mol. The maximum Gasteiger partial charge on any atom is 0.224 e. The summed E-state index contributed by atoms with van der Waals surface area (Å²) in [6.07, 6.45) is 6.01. The van der Waals surface area contributed by atoms with E-state index >= 15 is 0 Å². The third-order valence-electron chi connectivity index (χ3n) is 2.81. The molecule has 0 spiro atoms. The summed E-state index contributed by atoms with van der Waals surface area (Å²) in [5.74, 6) is -0.227. The summed E-state index contributed by atoms with van der Waals surface area (Å²) in [6, 6.07) is 2.97. The molecular formula is C14H19Cl2NO2. The van der Waals surface area contributed by atoms with Crippen LogP contribution in [0.1, 0.15) is 45.4 Å². The van der Waals surface area contributed by atoms with Gasteiger partial charge >= 0.3 is 0 Å². The molecule has 0 saturated carbocycles. The molecule has 0 atom stereocenters. The van der Waals surface area contributed by atoms with Crippen LogP contribution in [-0.4, -0.2) is 11.0 Å². The highest BCUT2D eigenvalue weighted by molar-refractivity contribution is 6.37. The Balaban J connectivity index is 2.40. The van der Waals surface area contributed by atoms with Crippen LogP contribution in [0.25, 0.3) is 0 Å². The fourth-order valence-corrected chi connectivity index (χ4v) is 2.24. The molecule has 1 rings (SSSR count). The van der Waals surface area contributed by atoms with E-state index in [0.717, 1.165) is 12.8 Å². The van der Waals surface area contributed by atoms with Crippen molar-refractivity contribution < 1.29 is 9.90 Å². The fraction of sp³-hybridized carbons (Fsp3) is 0.500. The fourth-order valence-electron chi connectivity index (χ4n) is 1.75. The third-order valence-corrected chi connectivity index (χ3v) is 3.38. The lowest BCUT2D eigenvalue weighted by Gasteiger charge is -2.07. The van der Waals surface area contributed by atoms with Gasteiger partial charge in [0, 0.05) is 12.1 Å². The zero-order chi connectivity index (χ0) is 14.3. The summed E-state index contributed by atoms with van der Waals surface area (Å²) < 4.78 is 0. The van der Waals surface area contributed by atoms with Gasteiger partial charge in [0.2, 0.25) is 5.91 Å². The number of hydrogen-bond donors (Lipinski definition) is 2.